The molecule has 1 saturated heterocycles. The topological polar surface area (TPSA) is 60.9 Å². The van der Waals surface area contributed by atoms with E-state index >= 15 is 0 Å². The van der Waals surface area contributed by atoms with Gasteiger partial charge in [-0.15, -0.1) is 0 Å². The minimum Gasteiger partial charge on any atom is -0.480 e. The summed E-state index contributed by atoms with van der Waals surface area (Å²) in [6.45, 7) is 1.28. The van der Waals surface area contributed by atoms with Crippen LogP contribution in [0, 0.1) is 0 Å². The summed E-state index contributed by atoms with van der Waals surface area (Å²) in [6.07, 6.45) is 5.60. The molecule has 5 nitrogen and oxygen atoms in total. The molecule has 5 heteroatoms. The number of carbonyl (C=O) groups excluding carboxylic acids is 1. The number of amides is 2. The van der Waals surface area contributed by atoms with Crippen LogP contribution in [-0.4, -0.2) is 53.6 Å². The lowest BCUT2D eigenvalue weighted by Crippen LogP contribution is -2.44. The van der Waals surface area contributed by atoms with Crippen molar-refractivity contribution >= 4 is 12.0 Å². The van der Waals surface area contributed by atoms with Gasteiger partial charge in [-0.05, 0) is 12.8 Å². The molecule has 16 heavy (non-hydrogen) atoms. The second-order valence-corrected chi connectivity index (χ2v) is 4.29. The van der Waals surface area contributed by atoms with Gasteiger partial charge in [-0.25, -0.2) is 4.79 Å². The number of likely N-dealkylation sites (tertiary alicyclic amines) is 1. The van der Waals surface area contributed by atoms with E-state index in [-0.39, 0.29) is 12.6 Å². The summed E-state index contributed by atoms with van der Waals surface area (Å²) in [5.41, 5.74) is 0. The number of hydrogen-bond acceptors (Lipinski definition) is 2. The molecule has 1 heterocycles. The van der Waals surface area contributed by atoms with Crippen molar-refractivity contribution in [2.24, 2.45) is 0 Å². The molecule has 0 aliphatic carbocycles. The van der Waals surface area contributed by atoms with Crippen molar-refractivity contribution in [2.75, 3.05) is 26.7 Å². The molecule has 0 aromatic heterocycles. The number of likely N-dealkylation sites (N-methyl/N-ethyl adjacent to an activating group) is 1. The third kappa shape index (κ3) is 4.08. The average molecular weight is 228 g/mol. The number of hydrogen-bond donors (Lipinski definition) is 1. The molecule has 1 aliphatic heterocycles. The Morgan fingerprint density at radius 2 is 1.62 bits per heavy atom. The van der Waals surface area contributed by atoms with E-state index in [1.807, 2.05) is 0 Å². The number of rotatable bonds is 2. The van der Waals surface area contributed by atoms with Gasteiger partial charge >= 0.3 is 12.0 Å². The van der Waals surface area contributed by atoms with Crippen molar-refractivity contribution in [1.82, 2.24) is 9.80 Å². The molecular formula is C11H20N2O3. The molecule has 1 fully saturated rings. The maximum atomic E-state index is 11.9. The van der Waals surface area contributed by atoms with E-state index in [4.69, 9.17) is 5.11 Å². The molecule has 1 rings (SSSR count). The Morgan fingerprint density at radius 3 is 2.12 bits per heavy atom. The highest BCUT2D eigenvalue weighted by atomic mass is 16.4. The molecule has 0 bridgehead atoms. The first-order chi connectivity index (χ1) is 7.61. The molecule has 0 radical (unpaired) electrons. The number of carbonyl (C=O) groups is 2. The van der Waals surface area contributed by atoms with Crippen molar-refractivity contribution in [3.8, 4) is 0 Å². The van der Waals surface area contributed by atoms with Gasteiger partial charge in [0.2, 0.25) is 0 Å². The summed E-state index contributed by atoms with van der Waals surface area (Å²) >= 11 is 0. The van der Waals surface area contributed by atoms with Crippen LogP contribution >= 0.6 is 0 Å². The first kappa shape index (κ1) is 12.8. The summed E-state index contributed by atoms with van der Waals surface area (Å²) in [5, 5.41) is 8.62. The highest BCUT2D eigenvalue weighted by Gasteiger charge is 2.19. The number of carboxylic acids is 1. The summed E-state index contributed by atoms with van der Waals surface area (Å²) in [7, 11) is 1.54. The lowest BCUT2D eigenvalue weighted by molar-refractivity contribution is -0.137. The zero-order valence-corrected chi connectivity index (χ0v) is 9.81. The Hall–Kier alpha value is -1.26. The zero-order chi connectivity index (χ0) is 12.0. The summed E-state index contributed by atoms with van der Waals surface area (Å²) in [4.78, 5) is 25.4. The van der Waals surface area contributed by atoms with Crippen LogP contribution < -0.4 is 0 Å². The van der Waals surface area contributed by atoms with Crippen LogP contribution in [0.4, 0.5) is 4.79 Å². The minimum absolute atomic E-state index is 0.163. The van der Waals surface area contributed by atoms with E-state index in [1.54, 1.807) is 4.90 Å². The average Bonchev–Trinajstić information content (AvgIpc) is 2.15. The van der Waals surface area contributed by atoms with Crippen LogP contribution in [0.2, 0.25) is 0 Å². The number of nitrogens with zero attached hydrogens (tertiary/aromatic N) is 2. The Bertz CT molecular complexity index is 248. The first-order valence-electron chi connectivity index (χ1n) is 5.83. The normalized spacial score (nSPS) is 17.4. The van der Waals surface area contributed by atoms with Crippen molar-refractivity contribution < 1.29 is 14.7 Å². The molecular weight excluding hydrogens is 208 g/mol. The summed E-state index contributed by atoms with van der Waals surface area (Å²) in [6, 6.07) is -0.163. The Labute approximate surface area is 96.0 Å². The largest absolute Gasteiger partial charge is 0.480 e. The third-order valence-electron chi connectivity index (χ3n) is 2.83. The van der Waals surface area contributed by atoms with Crippen molar-refractivity contribution in [3.05, 3.63) is 0 Å². The van der Waals surface area contributed by atoms with E-state index in [0.29, 0.717) is 0 Å². The molecule has 0 atom stereocenters. The highest BCUT2D eigenvalue weighted by Crippen LogP contribution is 2.11. The van der Waals surface area contributed by atoms with E-state index in [9.17, 15) is 9.59 Å². The maximum Gasteiger partial charge on any atom is 0.323 e. The SMILES string of the molecule is CN(CC(=O)O)C(=O)N1CCCCCCC1. The van der Waals surface area contributed by atoms with Crippen molar-refractivity contribution in [2.45, 2.75) is 32.1 Å². The molecule has 92 valence electrons. The van der Waals surface area contributed by atoms with Gasteiger partial charge in [0.1, 0.15) is 6.54 Å². The van der Waals surface area contributed by atoms with Crippen molar-refractivity contribution in [3.63, 3.8) is 0 Å². The molecule has 1 aliphatic rings. The standard InChI is InChI=1S/C11H20N2O3/c1-12(9-10(14)15)11(16)13-7-5-3-2-4-6-8-13/h2-9H2,1H3,(H,14,15). The summed E-state index contributed by atoms with van der Waals surface area (Å²) < 4.78 is 0. The Morgan fingerprint density at radius 1 is 1.12 bits per heavy atom. The lowest BCUT2D eigenvalue weighted by Gasteiger charge is -2.28. The molecule has 0 saturated carbocycles. The molecule has 1 N–H and O–H groups in total. The van der Waals surface area contributed by atoms with E-state index in [0.717, 1.165) is 38.8 Å². The molecule has 2 amide bonds. The Balaban J connectivity index is 2.46. The number of urea groups is 1. The minimum atomic E-state index is -0.970. The zero-order valence-electron chi connectivity index (χ0n) is 9.81. The first-order valence-corrected chi connectivity index (χ1v) is 5.83. The highest BCUT2D eigenvalue weighted by molar-refractivity contribution is 5.79. The van der Waals surface area contributed by atoms with Crippen LogP contribution in [0.3, 0.4) is 0 Å². The fourth-order valence-corrected chi connectivity index (χ4v) is 1.95. The van der Waals surface area contributed by atoms with Gasteiger partial charge < -0.3 is 14.9 Å². The maximum absolute atomic E-state index is 11.9. The third-order valence-corrected chi connectivity index (χ3v) is 2.83. The second kappa shape index (κ2) is 6.35. The quantitative estimate of drug-likeness (QED) is 0.777. The van der Waals surface area contributed by atoms with Crippen LogP contribution in [0.1, 0.15) is 32.1 Å². The van der Waals surface area contributed by atoms with Crippen LogP contribution in [0.5, 0.6) is 0 Å². The molecule has 0 spiro atoms. The van der Waals surface area contributed by atoms with Gasteiger partial charge in [0, 0.05) is 20.1 Å². The van der Waals surface area contributed by atoms with Gasteiger partial charge in [0.15, 0.2) is 0 Å². The van der Waals surface area contributed by atoms with E-state index in [2.05, 4.69) is 0 Å². The van der Waals surface area contributed by atoms with Gasteiger partial charge in [0.05, 0.1) is 0 Å². The van der Waals surface area contributed by atoms with Crippen LogP contribution in [0.15, 0.2) is 0 Å². The molecule has 0 unspecified atom stereocenters. The van der Waals surface area contributed by atoms with Gasteiger partial charge in [-0.1, -0.05) is 19.3 Å². The van der Waals surface area contributed by atoms with Crippen molar-refractivity contribution in [1.29, 1.82) is 0 Å². The monoisotopic (exact) mass is 228 g/mol. The summed E-state index contributed by atoms with van der Waals surface area (Å²) in [5.74, 6) is -0.970. The van der Waals surface area contributed by atoms with E-state index in [1.165, 1.54) is 18.4 Å². The fourth-order valence-electron chi connectivity index (χ4n) is 1.95. The smallest absolute Gasteiger partial charge is 0.323 e. The predicted octanol–water partition coefficient (Wildman–Crippen LogP) is 1.39. The predicted molar refractivity (Wildman–Crippen MR) is 60.3 cm³/mol. The second-order valence-electron chi connectivity index (χ2n) is 4.29. The Kier molecular flexibility index (Phi) is 5.08. The van der Waals surface area contributed by atoms with Gasteiger partial charge in [0.25, 0.3) is 0 Å². The van der Waals surface area contributed by atoms with Gasteiger partial charge in [-0.3, -0.25) is 4.79 Å². The molecule has 0 aromatic carbocycles. The fraction of sp³-hybridized carbons (Fsp3) is 0.818. The number of aliphatic carboxylic acids is 1. The van der Waals surface area contributed by atoms with E-state index < -0.39 is 5.97 Å². The van der Waals surface area contributed by atoms with Gasteiger partial charge in [-0.2, -0.15) is 0 Å². The lowest BCUT2D eigenvalue weighted by atomic mass is 10.1. The van der Waals surface area contributed by atoms with Crippen LogP contribution in [0.25, 0.3) is 0 Å². The molecule has 0 aromatic rings. The van der Waals surface area contributed by atoms with Crippen LogP contribution in [-0.2, 0) is 4.79 Å². The number of carboxylic acid groups (broad SMARTS) is 1.